The first-order chi connectivity index (χ1) is 9.81. The van der Waals surface area contributed by atoms with Crippen LogP contribution in [-0.4, -0.2) is 19.2 Å². The molecule has 0 fully saturated rings. The van der Waals surface area contributed by atoms with Gasteiger partial charge in [-0.15, -0.1) is 6.42 Å². The molecule has 20 heavy (non-hydrogen) atoms. The molecule has 2 aromatic rings. The molecule has 0 aromatic heterocycles. The Morgan fingerprint density at radius 3 is 2.55 bits per heavy atom. The number of rotatable bonds is 6. The maximum Gasteiger partial charge on any atom is 0.127 e. The maximum atomic E-state index is 6.02. The minimum Gasteiger partial charge on any atom is -0.489 e. The molecule has 0 saturated carbocycles. The predicted octanol–water partition coefficient (Wildman–Crippen LogP) is 3.34. The first kappa shape index (κ1) is 14.2. The number of ether oxygens (including phenoxy) is 1. The fourth-order valence-electron chi connectivity index (χ4n) is 2.03. The Labute approximate surface area is 120 Å². The summed E-state index contributed by atoms with van der Waals surface area (Å²) in [6.45, 7) is 3.33. The van der Waals surface area contributed by atoms with Crippen LogP contribution in [0.5, 0.6) is 5.75 Å². The van der Waals surface area contributed by atoms with Crippen molar-refractivity contribution in [1.82, 2.24) is 5.32 Å². The molecular weight excluding hydrogens is 246 g/mol. The van der Waals surface area contributed by atoms with Crippen LogP contribution in [0.1, 0.15) is 6.92 Å². The van der Waals surface area contributed by atoms with E-state index in [1.54, 1.807) is 0 Å². The molecular formula is C18H19NO. The number of hydrogen-bond donors (Lipinski definition) is 1. The Morgan fingerprint density at radius 1 is 1.10 bits per heavy atom. The molecule has 0 heterocycles. The summed E-state index contributed by atoms with van der Waals surface area (Å²) in [6, 6.07) is 18.3. The summed E-state index contributed by atoms with van der Waals surface area (Å²) < 4.78 is 6.02. The molecule has 0 aliphatic carbocycles. The van der Waals surface area contributed by atoms with Gasteiger partial charge in [0.15, 0.2) is 0 Å². The Balaban J connectivity index is 2.11. The Hall–Kier alpha value is -2.24. The lowest BCUT2D eigenvalue weighted by molar-refractivity contribution is 0.220. The third-order valence-corrected chi connectivity index (χ3v) is 2.96. The van der Waals surface area contributed by atoms with Crippen LogP contribution in [0.15, 0.2) is 54.6 Å². The van der Waals surface area contributed by atoms with Gasteiger partial charge in [0.25, 0.3) is 0 Å². The number of para-hydroxylation sites is 1. The summed E-state index contributed by atoms with van der Waals surface area (Å²) in [4.78, 5) is 0. The molecule has 1 atom stereocenters. The molecule has 0 bridgehead atoms. The summed E-state index contributed by atoms with van der Waals surface area (Å²) >= 11 is 0. The van der Waals surface area contributed by atoms with Gasteiger partial charge in [-0.05, 0) is 18.6 Å². The van der Waals surface area contributed by atoms with Crippen LogP contribution in [0.3, 0.4) is 0 Å². The van der Waals surface area contributed by atoms with Gasteiger partial charge in [-0.1, -0.05) is 54.5 Å². The van der Waals surface area contributed by atoms with E-state index in [1.807, 2.05) is 43.3 Å². The highest BCUT2D eigenvalue weighted by Gasteiger charge is 2.08. The molecule has 2 heteroatoms. The molecule has 0 saturated heterocycles. The summed E-state index contributed by atoms with van der Waals surface area (Å²) in [5.74, 6) is 3.45. The Kier molecular flexibility index (Phi) is 5.23. The number of hydrogen-bond acceptors (Lipinski definition) is 2. The summed E-state index contributed by atoms with van der Waals surface area (Å²) in [5.41, 5.74) is 2.27. The maximum absolute atomic E-state index is 6.02. The first-order valence-electron chi connectivity index (χ1n) is 6.76. The van der Waals surface area contributed by atoms with Crippen molar-refractivity contribution in [2.45, 2.75) is 13.0 Å². The van der Waals surface area contributed by atoms with Crippen LogP contribution in [0.25, 0.3) is 11.1 Å². The monoisotopic (exact) mass is 265 g/mol. The standard InChI is InChI=1S/C18H19NO/c1-3-13-19-14-15(2)20-18-12-8-7-11-17(18)16-9-5-4-6-10-16/h1,4-12,15,19H,13-14H2,2H3. The van der Waals surface area contributed by atoms with E-state index in [1.165, 1.54) is 0 Å². The van der Waals surface area contributed by atoms with Crippen molar-refractivity contribution in [3.05, 3.63) is 54.6 Å². The van der Waals surface area contributed by atoms with Crippen molar-refractivity contribution in [2.75, 3.05) is 13.1 Å². The van der Waals surface area contributed by atoms with Gasteiger partial charge in [-0.25, -0.2) is 0 Å². The van der Waals surface area contributed by atoms with E-state index < -0.39 is 0 Å². The van der Waals surface area contributed by atoms with Gasteiger partial charge in [0.05, 0.1) is 6.54 Å². The van der Waals surface area contributed by atoms with E-state index in [2.05, 4.69) is 29.4 Å². The Morgan fingerprint density at radius 2 is 1.80 bits per heavy atom. The van der Waals surface area contributed by atoms with Gasteiger partial charge in [-0.3, -0.25) is 0 Å². The van der Waals surface area contributed by atoms with E-state index in [9.17, 15) is 0 Å². The third-order valence-electron chi connectivity index (χ3n) is 2.96. The number of terminal acetylenes is 1. The summed E-state index contributed by atoms with van der Waals surface area (Å²) in [5, 5.41) is 3.15. The van der Waals surface area contributed by atoms with E-state index >= 15 is 0 Å². The minimum absolute atomic E-state index is 0.0632. The van der Waals surface area contributed by atoms with Gasteiger partial charge in [0.1, 0.15) is 11.9 Å². The van der Waals surface area contributed by atoms with Crippen LogP contribution in [0, 0.1) is 12.3 Å². The smallest absolute Gasteiger partial charge is 0.127 e. The molecule has 0 radical (unpaired) electrons. The van der Waals surface area contributed by atoms with Crippen molar-refractivity contribution in [3.63, 3.8) is 0 Å². The molecule has 0 aliphatic rings. The van der Waals surface area contributed by atoms with Crippen LogP contribution in [-0.2, 0) is 0 Å². The SMILES string of the molecule is C#CCNCC(C)Oc1ccccc1-c1ccccc1. The second kappa shape index (κ2) is 7.37. The normalized spacial score (nSPS) is 11.6. The second-order valence-corrected chi connectivity index (χ2v) is 4.63. The van der Waals surface area contributed by atoms with E-state index in [-0.39, 0.29) is 6.10 Å². The zero-order chi connectivity index (χ0) is 14.2. The molecule has 0 amide bonds. The quantitative estimate of drug-likeness (QED) is 0.639. The zero-order valence-corrected chi connectivity index (χ0v) is 11.7. The highest BCUT2D eigenvalue weighted by atomic mass is 16.5. The molecule has 2 rings (SSSR count). The molecule has 102 valence electrons. The van der Waals surface area contributed by atoms with Crippen LogP contribution in [0.4, 0.5) is 0 Å². The van der Waals surface area contributed by atoms with Crippen molar-refractivity contribution in [3.8, 4) is 29.2 Å². The van der Waals surface area contributed by atoms with Crippen LogP contribution >= 0.6 is 0 Å². The average molecular weight is 265 g/mol. The average Bonchev–Trinajstić information content (AvgIpc) is 2.49. The highest BCUT2D eigenvalue weighted by Crippen LogP contribution is 2.30. The van der Waals surface area contributed by atoms with Gasteiger partial charge in [-0.2, -0.15) is 0 Å². The third kappa shape index (κ3) is 3.88. The van der Waals surface area contributed by atoms with Crippen molar-refractivity contribution < 1.29 is 4.74 Å². The van der Waals surface area contributed by atoms with E-state index in [4.69, 9.17) is 11.2 Å². The largest absolute Gasteiger partial charge is 0.489 e. The molecule has 0 aliphatic heterocycles. The summed E-state index contributed by atoms with van der Waals surface area (Å²) in [6.07, 6.45) is 5.28. The van der Waals surface area contributed by atoms with Gasteiger partial charge < -0.3 is 10.1 Å². The fraction of sp³-hybridized carbons (Fsp3) is 0.222. The minimum atomic E-state index is 0.0632. The number of nitrogens with one attached hydrogen (secondary N) is 1. The van der Waals surface area contributed by atoms with Crippen molar-refractivity contribution in [2.24, 2.45) is 0 Å². The molecule has 1 N–H and O–H groups in total. The van der Waals surface area contributed by atoms with Gasteiger partial charge in [0, 0.05) is 12.1 Å². The van der Waals surface area contributed by atoms with E-state index in [0.29, 0.717) is 6.54 Å². The molecule has 2 nitrogen and oxygen atoms in total. The van der Waals surface area contributed by atoms with Gasteiger partial charge >= 0.3 is 0 Å². The van der Waals surface area contributed by atoms with Gasteiger partial charge in [0.2, 0.25) is 0 Å². The van der Waals surface area contributed by atoms with Crippen LogP contribution < -0.4 is 10.1 Å². The zero-order valence-electron chi connectivity index (χ0n) is 11.7. The van der Waals surface area contributed by atoms with Crippen LogP contribution in [0.2, 0.25) is 0 Å². The lowest BCUT2D eigenvalue weighted by Gasteiger charge is -2.17. The predicted molar refractivity (Wildman–Crippen MR) is 83.7 cm³/mol. The Bertz CT molecular complexity index is 571. The van der Waals surface area contributed by atoms with Crippen molar-refractivity contribution in [1.29, 1.82) is 0 Å². The fourth-order valence-corrected chi connectivity index (χ4v) is 2.03. The topological polar surface area (TPSA) is 21.3 Å². The lowest BCUT2D eigenvalue weighted by Crippen LogP contribution is -2.29. The highest BCUT2D eigenvalue weighted by molar-refractivity contribution is 5.70. The summed E-state index contributed by atoms with van der Waals surface area (Å²) in [7, 11) is 0. The first-order valence-corrected chi connectivity index (χ1v) is 6.76. The van der Waals surface area contributed by atoms with Crippen molar-refractivity contribution >= 4 is 0 Å². The number of benzene rings is 2. The molecule has 0 spiro atoms. The molecule has 2 aromatic carbocycles. The lowest BCUT2D eigenvalue weighted by atomic mass is 10.0. The second-order valence-electron chi connectivity index (χ2n) is 4.63. The van der Waals surface area contributed by atoms with E-state index in [0.717, 1.165) is 23.4 Å². The molecule has 1 unspecified atom stereocenters.